The Balaban J connectivity index is 1.77. The highest BCUT2D eigenvalue weighted by molar-refractivity contribution is 7.99. The van der Waals surface area contributed by atoms with Crippen molar-refractivity contribution in [3.8, 4) is 0 Å². The van der Waals surface area contributed by atoms with Crippen molar-refractivity contribution in [1.82, 2.24) is 25.4 Å². The average molecular weight is 405 g/mol. The number of carbonyl (C=O) groups is 3. The lowest BCUT2D eigenvalue weighted by Crippen LogP contribution is -2.38. The van der Waals surface area contributed by atoms with Crippen LogP contribution in [-0.4, -0.2) is 58.0 Å². The van der Waals surface area contributed by atoms with Crippen LogP contribution in [0.4, 0.5) is 0 Å². The first-order valence-corrected chi connectivity index (χ1v) is 9.73. The van der Waals surface area contributed by atoms with E-state index in [1.54, 1.807) is 6.92 Å². The summed E-state index contributed by atoms with van der Waals surface area (Å²) in [6.45, 7) is 4.11. The standard InChI is InChI=1S/C18H23N5O4S/c1-3-19-15(24)9-20-16(25)11-27-17(26)12-28-18-22-21-13(2)23(18)10-14-7-5-4-6-8-14/h4-8H,3,9-12H2,1-2H3,(H,19,24)(H,20,25). The molecule has 0 fully saturated rings. The van der Waals surface area contributed by atoms with E-state index in [-0.39, 0.29) is 18.2 Å². The lowest BCUT2D eigenvalue weighted by Gasteiger charge is -2.09. The Labute approximate surface area is 167 Å². The highest BCUT2D eigenvalue weighted by Crippen LogP contribution is 2.18. The van der Waals surface area contributed by atoms with Gasteiger partial charge in [-0.1, -0.05) is 42.1 Å². The van der Waals surface area contributed by atoms with Gasteiger partial charge in [-0.2, -0.15) is 0 Å². The van der Waals surface area contributed by atoms with Crippen molar-refractivity contribution < 1.29 is 19.1 Å². The molecule has 0 aliphatic carbocycles. The van der Waals surface area contributed by atoms with Crippen molar-refractivity contribution in [2.24, 2.45) is 0 Å². The van der Waals surface area contributed by atoms with Gasteiger partial charge in [0.25, 0.3) is 5.91 Å². The molecule has 0 atom stereocenters. The normalized spacial score (nSPS) is 10.4. The zero-order chi connectivity index (χ0) is 20.4. The van der Waals surface area contributed by atoms with Crippen molar-refractivity contribution in [3.63, 3.8) is 0 Å². The van der Waals surface area contributed by atoms with Crippen molar-refractivity contribution in [1.29, 1.82) is 0 Å². The van der Waals surface area contributed by atoms with Crippen LogP contribution in [0.5, 0.6) is 0 Å². The van der Waals surface area contributed by atoms with Crippen LogP contribution in [0, 0.1) is 6.92 Å². The van der Waals surface area contributed by atoms with Crippen LogP contribution in [0.3, 0.4) is 0 Å². The smallest absolute Gasteiger partial charge is 0.316 e. The number of benzene rings is 1. The summed E-state index contributed by atoms with van der Waals surface area (Å²) < 4.78 is 6.83. The van der Waals surface area contributed by atoms with Gasteiger partial charge in [-0.15, -0.1) is 10.2 Å². The monoisotopic (exact) mass is 405 g/mol. The first-order valence-electron chi connectivity index (χ1n) is 8.75. The van der Waals surface area contributed by atoms with Crippen LogP contribution in [0.1, 0.15) is 18.3 Å². The summed E-state index contributed by atoms with van der Waals surface area (Å²) in [5.74, 6) is -0.649. The lowest BCUT2D eigenvalue weighted by atomic mass is 10.2. The highest BCUT2D eigenvalue weighted by atomic mass is 32.2. The Bertz CT molecular complexity index is 810. The summed E-state index contributed by atoms with van der Waals surface area (Å²) in [6, 6.07) is 9.86. The van der Waals surface area contributed by atoms with E-state index in [4.69, 9.17) is 4.74 Å². The number of rotatable bonds is 10. The van der Waals surface area contributed by atoms with Crippen molar-refractivity contribution >= 4 is 29.5 Å². The second kappa shape index (κ2) is 11.1. The number of carbonyl (C=O) groups excluding carboxylic acids is 3. The molecule has 0 aliphatic rings. The first kappa shape index (κ1) is 21.4. The van der Waals surface area contributed by atoms with E-state index >= 15 is 0 Å². The minimum absolute atomic E-state index is 0.00345. The van der Waals surface area contributed by atoms with E-state index < -0.39 is 18.5 Å². The number of ether oxygens (including phenoxy) is 1. The molecule has 0 bridgehead atoms. The Morgan fingerprint density at radius 2 is 1.86 bits per heavy atom. The Morgan fingerprint density at radius 3 is 2.57 bits per heavy atom. The third-order valence-corrected chi connectivity index (χ3v) is 4.53. The van der Waals surface area contributed by atoms with Crippen molar-refractivity contribution in [2.75, 3.05) is 25.4 Å². The van der Waals surface area contributed by atoms with Gasteiger partial charge < -0.3 is 19.9 Å². The number of hydrogen-bond donors (Lipinski definition) is 2. The number of nitrogens with one attached hydrogen (secondary N) is 2. The van der Waals surface area contributed by atoms with Gasteiger partial charge in [0.05, 0.1) is 18.8 Å². The SMILES string of the molecule is CCNC(=O)CNC(=O)COC(=O)CSc1nnc(C)n1Cc1ccccc1. The van der Waals surface area contributed by atoms with E-state index in [1.807, 2.05) is 41.8 Å². The molecule has 1 heterocycles. The molecule has 10 heteroatoms. The second-order valence-corrected chi connectivity index (χ2v) is 6.72. The molecule has 150 valence electrons. The minimum atomic E-state index is -0.551. The fourth-order valence-electron chi connectivity index (χ4n) is 2.22. The van der Waals surface area contributed by atoms with E-state index in [9.17, 15) is 14.4 Å². The summed E-state index contributed by atoms with van der Waals surface area (Å²) in [5.41, 5.74) is 1.10. The van der Waals surface area contributed by atoms with E-state index in [0.717, 1.165) is 11.4 Å². The maximum atomic E-state index is 11.9. The molecule has 0 radical (unpaired) electrons. The zero-order valence-corrected chi connectivity index (χ0v) is 16.6. The predicted molar refractivity (Wildman–Crippen MR) is 104 cm³/mol. The van der Waals surface area contributed by atoms with Crippen LogP contribution >= 0.6 is 11.8 Å². The number of hydrogen-bond acceptors (Lipinski definition) is 7. The molecule has 9 nitrogen and oxygen atoms in total. The number of thioether (sulfide) groups is 1. The van der Waals surface area contributed by atoms with Gasteiger partial charge in [0.2, 0.25) is 5.91 Å². The third kappa shape index (κ3) is 7.03. The van der Waals surface area contributed by atoms with Gasteiger partial charge in [0.15, 0.2) is 11.8 Å². The summed E-state index contributed by atoms with van der Waals surface area (Å²) in [4.78, 5) is 34.7. The molecule has 2 amide bonds. The zero-order valence-electron chi connectivity index (χ0n) is 15.8. The molecule has 0 aliphatic heterocycles. The van der Waals surface area contributed by atoms with Gasteiger partial charge in [0, 0.05) is 6.54 Å². The molecule has 28 heavy (non-hydrogen) atoms. The number of nitrogens with zero attached hydrogens (tertiary/aromatic N) is 3. The molecule has 0 spiro atoms. The largest absolute Gasteiger partial charge is 0.455 e. The van der Waals surface area contributed by atoms with E-state index in [1.165, 1.54) is 11.8 Å². The topological polar surface area (TPSA) is 115 Å². The Morgan fingerprint density at radius 1 is 1.11 bits per heavy atom. The Hall–Kier alpha value is -2.88. The molecular weight excluding hydrogens is 382 g/mol. The molecule has 1 aromatic heterocycles. The number of likely N-dealkylation sites (N-methyl/N-ethyl adjacent to an activating group) is 1. The quantitative estimate of drug-likeness (QED) is 0.437. The fourth-order valence-corrected chi connectivity index (χ4v) is 3.00. The molecule has 0 unspecified atom stereocenters. The maximum Gasteiger partial charge on any atom is 0.316 e. The van der Waals surface area contributed by atoms with Gasteiger partial charge >= 0.3 is 5.97 Å². The van der Waals surface area contributed by atoms with Gasteiger partial charge in [-0.3, -0.25) is 14.4 Å². The van der Waals surface area contributed by atoms with Crippen LogP contribution in [-0.2, 0) is 25.7 Å². The lowest BCUT2D eigenvalue weighted by molar-refractivity contribution is -0.146. The summed E-state index contributed by atoms with van der Waals surface area (Å²) in [5, 5.41) is 13.7. The third-order valence-electron chi connectivity index (χ3n) is 3.59. The highest BCUT2D eigenvalue weighted by Gasteiger charge is 2.14. The molecule has 2 aromatic rings. The number of esters is 1. The van der Waals surface area contributed by atoms with Crippen LogP contribution in [0.15, 0.2) is 35.5 Å². The van der Waals surface area contributed by atoms with Crippen LogP contribution in [0.25, 0.3) is 0 Å². The molecule has 0 saturated heterocycles. The van der Waals surface area contributed by atoms with Crippen molar-refractivity contribution in [2.45, 2.75) is 25.5 Å². The summed E-state index contributed by atoms with van der Waals surface area (Å²) in [7, 11) is 0. The minimum Gasteiger partial charge on any atom is -0.455 e. The molecule has 2 N–H and O–H groups in total. The van der Waals surface area contributed by atoms with E-state index in [2.05, 4.69) is 20.8 Å². The maximum absolute atomic E-state index is 11.9. The van der Waals surface area contributed by atoms with Crippen LogP contribution < -0.4 is 10.6 Å². The number of aryl methyl sites for hydroxylation is 1. The molecule has 2 rings (SSSR count). The second-order valence-electron chi connectivity index (χ2n) is 5.78. The van der Waals surface area contributed by atoms with Crippen molar-refractivity contribution in [3.05, 3.63) is 41.7 Å². The summed E-state index contributed by atoms with van der Waals surface area (Å²) in [6.07, 6.45) is 0. The molecule has 0 saturated carbocycles. The predicted octanol–water partition coefficient (Wildman–Crippen LogP) is 0.522. The molecule has 1 aromatic carbocycles. The average Bonchev–Trinajstić information content (AvgIpc) is 3.03. The first-order chi connectivity index (χ1) is 13.5. The van der Waals surface area contributed by atoms with Gasteiger partial charge in [0.1, 0.15) is 5.82 Å². The van der Waals surface area contributed by atoms with E-state index in [0.29, 0.717) is 18.2 Å². The van der Waals surface area contributed by atoms with Gasteiger partial charge in [-0.05, 0) is 19.4 Å². The van der Waals surface area contributed by atoms with Crippen LogP contribution in [0.2, 0.25) is 0 Å². The number of aromatic nitrogens is 3. The molecular formula is C18H23N5O4S. The fraction of sp³-hybridized carbons (Fsp3) is 0.389. The van der Waals surface area contributed by atoms with Gasteiger partial charge in [-0.25, -0.2) is 0 Å². The Kier molecular flexibility index (Phi) is 8.47. The summed E-state index contributed by atoms with van der Waals surface area (Å²) >= 11 is 1.19. The number of amides is 2.